The molecule has 4 rings (SSSR count). The van der Waals surface area contributed by atoms with Crippen LogP contribution in [0.4, 0.5) is 0 Å². The van der Waals surface area contributed by atoms with Gasteiger partial charge in [-0.15, -0.1) is 35.9 Å². The fourth-order valence-corrected chi connectivity index (χ4v) is 2.44. The van der Waals surface area contributed by atoms with Crippen LogP contribution >= 0.6 is 0 Å². The maximum atomic E-state index is 10.3. The molecule has 0 aliphatic rings. The Kier molecular flexibility index (Phi) is 7.27. The minimum absolute atomic E-state index is 0. The number of aromatic nitrogens is 1. The van der Waals surface area contributed by atoms with Gasteiger partial charge < -0.3 is 15.2 Å². The molecule has 0 fully saturated rings. The first kappa shape index (κ1) is 20.3. The molecule has 0 aliphatic carbocycles. The van der Waals surface area contributed by atoms with Crippen LogP contribution in [0.25, 0.3) is 22.0 Å². The van der Waals surface area contributed by atoms with Crippen LogP contribution in [0.1, 0.15) is 10.4 Å². The first-order chi connectivity index (χ1) is 12.6. The largest absolute Gasteiger partial charge is 0.507 e. The van der Waals surface area contributed by atoms with Crippen LogP contribution < -0.4 is 0 Å². The summed E-state index contributed by atoms with van der Waals surface area (Å²) in [5, 5.41) is 19.7. The molecular weight excluding hydrogens is 521 g/mol. The van der Waals surface area contributed by atoms with Crippen molar-refractivity contribution in [3.8, 4) is 17.0 Å². The van der Waals surface area contributed by atoms with E-state index in [1.807, 2.05) is 42.6 Å². The van der Waals surface area contributed by atoms with Gasteiger partial charge in [-0.25, -0.2) is 4.79 Å². The average Bonchev–Trinajstić information content (AvgIpc) is 2.69. The van der Waals surface area contributed by atoms with Crippen LogP contribution in [0.2, 0.25) is 0 Å². The number of fused-ring (bicyclic) bond motifs is 1. The van der Waals surface area contributed by atoms with Crippen molar-refractivity contribution in [2.75, 3.05) is 0 Å². The Labute approximate surface area is 171 Å². The molecule has 0 radical (unpaired) electrons. The first-order valence-corrected chi connectivity index (χ1v) is 7.98. The number of hydrogen-bond donors (Lipinski definition) is 2. The van der Waals surface area contributed by atoms with Crippen LogP contribution in [0.3, 0.4) is 0 Å². The normalized spacial score (nSPS) is 9.63. The van der Waals surface area contributed by atoms with Gasteiger partial charge in [-0.3, -0.25) is 0 Å². The molecule has 0 bridgehead atoms. The van der Waals surface area contributed by atoms with Crippen LogP contribution in [0, 0.1) is 6.07 Å². The number of phenols is 1. The summed E-state index contributed by atoms with van der Waals surface area (Å²) < 4.78 is 0. The van der Waals surface area contributed by atoms with E-state index in [-0.39, 0.29) is 32.4 Å². The van der Waals surface area contributed by atoms with E-state index in [1.54, 1.807) is 12.1 Å². The number of rotatable bonds is 2. The van der Waals surface area contributed by atoms with Crippen molar-refractivity contribution < 1.29 is 36.1 Å². The van der Waals surface area contributed by atoms with E-state index in [0.29, 0.717) is 0 Å². The number of carbonyl (C=O) groups is 1. The van der Waals surface area contributed by atoms with E-state index in [4.69, 9.17) is 10.2 Å². The second-order valence-corrected chi connectivity index (χ2v) is 5.52. The number of aromatic hydroxyl groups is 1. The van der Waals surface area contributed by atoms with E-state index < -0.39 is 5.97 Å². The fraction of sp³-hybridized carbons (Fsp3) is 0. The molecule has 2 N–H and O–H groups in total. The van der Waals surface area contributed by atoms with Crippen molar-refractivity contribution in [2.24, 2.45) is 0 Å². The number of benzene rings is 3. The molecule has 4 nitrogen and oxygen atoms in total. The van der Waals surface area contributed by atoms with Crippen LogP contribution in [0.5, 0.6) is 5.75 Å². The molecule has 1 aromatic heterocycles. The van der Waals surface area contributed by atoms with Crippen molar-refractivity contribution >= 4 is 16.7 Å². The monoisotopic (exact) mass is 537 g/mol. The molecule has 0 saturated heterocycles. The Hall–Kier alpha value is -2.97. The third kappa shape index (κ3) is 5.25. The predicted octanol–water partition coefficient (Wildman–Crippen LogP) is 4.79. The summed E-state index contributed by atoms with van der Waals surface area (Å²) in [7, 11) is 0. The van der Waals surface area contributed by atoms with Gasteiger partial charge in [-0.1, -0.05) is 42.5 Å². The Morgan fingerprint density at radius 2 is 1.56 bits per heavy atom. The number of aromatic carboxylic acids is 1. The van der Waals surface area contributed by atoms with Gasteiger partial charge in [0.25, 0.3) is 0 Å². The fourth-order valence-electron chi connectivity index (χ4n) is 2.44. The van der Waals surface area contributed by atoms with Crippen LogP contribution in [-0.4, -0.2) is 21.2 Å². The van der Waals surface area contributed by atoms with Gasteiger partial charge in [0, 0.05) is 27.3 Å². The van der Waals surface area contributed by atoms with Crippen molar-refractivity contribution in [1.29, 1.82) is 0 Å². The summed E-state index contributed by atoms with van der Waals surface area (Å²) in [6.45, 7) is 0. The second-order valence-electron chi connectivity index (χ2n) is 5.52. The molecule has 0 unspecified atom stereocenters. The molecule has 0 saturated carbocycles. The number of carboxylic acid groups (broad SMARTS) is 1. The summed E-state index contributed by atoms with van der Waals surface area (Å²) in [5.41, 5.74) is 1.94. The van der Waals surface area contributed by atoms with Crippen molar-refractivity contribution in [1.82, 2.24) is 4.98 Å². The van der Waals surface area contributed by atoms with E-state index in [0.717, 1.165) is 11.3 Å². The molecule has 0 atom stereocenters. The summed E-state index contributed by atoms with van der Waals surface area (Å²) in [6.07, 6.45) is 1.91. The molecule has 138 valence electrons. The predicted molar refractivity (Wildman–Crippen MR) is 101 cm³/mol. The number of pyridine rings is 1. The summed E-state index contributed by atoms with van der Waals surface area (Å²) in [4.78, 5) is 14.7. The summed E-state index contributed by atoms with van der Waals surface area (Å²) >= 11 is 0. The molecule has 4 aromatic rings. The molecule has 3 aromatic carbocycles. The SMILES string of the molecule is O=C(O)c1ccccc1O.[Pt].[c-]1ccccc1-c1cc2ccccc2cn1. The maximum Gasteiger partial charge on any atom is 0.339 e. The third-order valence-electron chi connectivity index (χ3n) is 3.75. The van der Waals surface area contributed by atoms with Crippen molar-refractivity contribution in [2.45, 2.75) is 0 Å². The quantitative estimate of drug-likeness (QED) is 0.361. The standard InChI is InChI=1S/C15H10N.C7H6O3.Pt/c1-2-6-12(7-3-1)15-10-13-8-4-5-9-14(13)11-16-15;8-6-4-2-1-3-5(6)7(9)10;/h1-6,8-11H;1-4,8H,(H,9,10);/q-1;;. The van der Waals surface area contributed by atoms with E-state index in [1.165, 1.54) is 22.9 Å². The summed E-state index contributed by atoms with van der Waals surface area (Å²) in [5.74, 6) is -1.31. The first-order valence-electron chi connectivity index (χ1n) is 7.98. The molecular formula is C22H16NO3Pt-. The molecule has 5 heteroatoms. The van der Waals surface area contributed by atoms with Gasteiger partial charge in [0.2, 0.25) is 0 Å². The smallest absolute Gasteiger partial charge is 0.339 e. The zero-order valence-corrected chi connectivity index (χ0v) is 16.4. The maximum absolute atomic E-state index is 10.3. The van der Waals surface area contributed by atoms with E-state index in [2.05, 4.69) is 29.2 Å². The Balaban J connectivity index is 0.000000208. The van der Waals surface area contributed by atoms with Crippen LogP contribution in [0.15, 0.2) is 85.1 Å². The van der Waals surface area contributed by atoms with Crippen molar-refractivity contribution in [3.05, 3.63) is 96.7 Å². The van der Waals surface area contributed by atoms with Gasteiger partial charge in [-0.05, 0) is 28.6 Å². The molecule has 1 heterocycles. The molecule has 0 aliphatic heterocycles. The van der Waals surface area contributed by atoms with Crippen molar-refractivity contribution in [3.63, 3.8) is 0 Å². The Morgan fingerprint density at radius 1 is 0.889 bits per heavy atom. The Bertz CT molecular complexity index is 1040. The van der Waals surface area contributed by atoms with E-state index in [9.17, 15) is 4.79 Å². The molecule has 0 amide bonds. The number of para-hydroxylation sites is 1. The minimum Gasteiger partial charge on any atom is -0.507 e. The van der Waals surface area contributed by atoms with Gasteiger partial charge in [0.1, 0.15) is 11.3 Å². The topological polar surface area (TPSA) is 70.4 Å². The van der Waals surface area contributed by atoms with Gasteiger partial charge in [0.15, 0.2) is 0 Å². The number of hydrogen-bond acceptors (Lipinski definition) is 3. The number of nitrogens with zero attached hydrogens (tertiary/aromatic N) is 1. The van der Waals surface area contributed by atoms with Gasteiger partial charge in [0.05, 0.1) is 0 Å². The molecule has 27 heavy (non-hydrogen) atoms. The second kappa shape index (κ2) is 9.65. The summed E-state index contributed by atoms with van der Waals surface area (Å²) in [6, 6.07) is 27.2. The molecule has 0 spiro atoms. The van der Waals surface area contributed by atoms with E-state index >= 15 is 0 Å². The Morgan fingerprint density at radius 3 is 2.19 bits per heavy atom. The van der Waals surface area contributed by atoms with Gasteiger partial charge >= 0.3 is 5.97 Å². The zero-order valence-electron chi connectivity index (χ0n) is 14.1. The van der Waals surface area contributed by atoms with Crippen LogP contribution in [-0.2, 0) is 21.1 Å². The third-order valence-corrected chi connectivity index (χ3v) is 3.75. The number of carboxylic acids is 1. The van der Waals surface area contributed by atoms with Gasteiger partial charge in [-0.2, -0.15) is 0 Å². The zero-order chi connectivity index (χ0) is 18.4. The minimum atomic E-state index is -1.11. The average molecular weight is 537 g/mol.